The van der Waals surface area contributed by atoms with Gasteiger partial charge in [-0.25, -0.2) is 0 Å². The van der Waals surface area contributed by atoms with Gasteiger partial charge in [0.1, 0.15) is 5.75 Å². The van der Waals surface area contributed by atoms with Crippen LogP contribution in [-0.2, 0) is 18.3 Å². The van der Waals surface area contributed by atoms with Crippen molar-refractivity contribution in [1.82, 2.24) is 4.90 Å². The molecule has 2 heteroatoms. The van der Waals surface area contributed by atoms with Crippen LogP contribution in [0.15, 0.2) is 12.1 Å². The highest BCUT2D eigenvalue weighted by Crippen LogP contribution is 2.58. The SMILES string of the molecule is CCc1cc(O)cc2c1C[C@@H]1[C@@H]3CC[C@H](C)C[C@]23CCN1CC1CC1. The number of hydrogen-bond acceptors (Lipinski definition) is 2. The van der Waals surface area contributed by atoms with Gasteiger partial charge in [-0.1, -0.05) is 20.3 Å². The highest BCUT2D eigenvalue weighted by Gasteiger charge is 2.55. The van der Waals surface area contributed by atoms with E-state index in [4.69, 9.17) is 0 Å². The van der Waals surface area contributed by atoms with Crippen molar-refractivity contribution in [2.75, 3.05) is 13.1 Å². The summed E-state index contributed by atoms with van der Waals surface area (Å²) in [6.45, 7) is 7.33. The minimum atomic E-state index is 0.346. The summed E-state index contributed by atoms with van der Waals surface area (Å²) in [4.78, 5) is 2.88. The average molecular weight is 340 g/mol. The van der Waals surface area contributed by atoms with Crippen molar-refractivity contribution in [3.8, 4) is 5.75 Å². The fourth-order valence-corrected chi connectivity index (χ4v) is 6.73. The van der Waals surface area contributed by atoms with E-state index in [0.717, 1.165) is 30.2 Å². The molecule has 1 N–H and O–H groups in total. The van der Waals surface area contributed by atoms with Crippen LogP contribution in [0.5, 0.6) is 5.75 Å². The van der Waals surface area contributed by atoms with Gasteiger partial charge in [0.25, 0.3) is 0 Å². The van der Waals surface area contributed by atoms with Crippen LogP contribution in [-0.4, -0.2) is 29.1 Å². The van der Waals surface area contributed by atoms with Crippen molar-refractivity contribution in [3.05, 3.63) is 28.8 Å². The van der Waals surface area contributed by atoms with E-state index in [1.54, 1.807) is 11.1 Å². The Bertz CT molecular complexity index is 679. The molecule has 25 heavy (non-hydrogen) atoms. The van der Waals surface area contributed by atoms with E-state index < -0.39 is 0 Å². The second-order valence-electron chi connectivity index (χ2n) is 9.59. The minimum Gasteiger partial charge on any atom is -0.508 e. The normalized spacial score (nSPS) is 37.4. The molecule has 0 radical (unpaired) electrons. The predicted octanol–water partition coefficient (Wildman–Crippen LogP) is 4.67. The van der Waals surface area contributed by atoms with Crippen molar-refractivity contribution in [2.45, 2.75) is 76.7 Å². The third kappa shape index (κ3) is 2.47. The molecule has 4 aliphatic rings. The lowest BCUT2D eigenvalue weighted by Crippen LogP contribution is -2.62. The third-order valence-electron chi connectivity index (χ3n) is 8.02. The smallest absolute Gasteiger partial charge is 0.116 e. The molecule has 1 aromatic rings. The van der Waals surface area contributed by atoms with Crippen molar-refractivity contribution >= 4 is 0 Å². The quantitative estimate of drug-likeness (QED) is 0.865. The van der Waals surface area contributed by atoms with Crippen LogP contribution in [0.3, 0.4) is 0 Å². The van der Waals surface area contributed by atoms with Gasteiger partial charge in [0.05, 0.1) is 0 Å². The first-order valence-corrected chi connectivity index (χ1v) is 10.7. The Morgan fingerprint density at radius 1 is 1.20 bits per heavy atom. The maximum atomic E-state index is 10.4. The number of phenolic OH excluding ortho intramolecular Hbond substituents is 1. The highest BCUT2D eigenvalue weighted by molar-refractivity contribution is 5.50. The van der Waals surface area contributed by atoms with Crippen LogP contribution in [0.4, 0.5) is 0 Å². The summed E-state index contributed by atoms with van der Waals surface area (Å²) in [6.07, 6.45) is 10.6. The first-order valence-electron chi connectivity index (χ1n) is 10.7. The van der Waals surface area contributed by atoms with E-state index in [2.05, 4.69) is 24.8 Å². The number of aryl methyl sites for hydroxylation is 1. The molecule has 1 saturated heterocycles. The largest absolute Gasteiger partial charge is 0.508 e. The van der Waals surface area contributed by atoms with Crippen LogP contribution >= 0.6 is 0 Å². The Kier molecular flexibility index (Phi) is 3.71. The number of fused-ring (bicyclic) bond motifs is 1. The summed E-state index contributed by atoms with van der Waals surface area (Å²) in [5.74, 6) is 3.13. The van der Waals surface area contributed by atoms with E-state index >= 15 is 0 Å². The van der Waals surface area contributed by atoms with Gasteiger partial charge in [-0.15, -0.1) is 0 Å². The van der Waals surface area contributed by atoms with E-state index in [1.165, 1.54) is 63.6 Å². The molecular weight excluding hydrogens is 306 g/mol. The van der Waals surface area contributed by atoms with Gasteiger partial charge in [-0.05, 0) is 98.1 Å². The fraction of sp³-hybridized carbons (Fsp3) is 0.739. The number of benzene rings is 1. The molecule has 0 amide bonds. The van der Waals surface area contributed by atoms with Crippen LogP contribution in [0.25, 0.3) is 0 Å². The topological polar surface area (TPSA) is 23.5 Å². The molecule has 2 saturated carbocycles. The summed E-state index contributed by atoms with van der Waals surface area (Å²) in [5.41, 5.74) is 4.90. The average Bonchev–Trinajstić information content (AvgIpc) is 3.41. The maximum Gasteiger partial charge on any atom is 0.116 e. The molecule has 1 aliphatic heterocycles. The van der Waals surface area contributed by atoms with Crippen LogP contribution in [0, 0.1) is 17.8 Å². The van der Waals surface area contributed by atoms with Crippen molar-refractivity contribution in [1.29, 1.82) is 0 Å². The summed E-state index contributed by atoms with van der Waals surface area (Å²) in [5, 5.41) is 10.4. The predicted molar refractivity (Wildman–Crippen MR) is 102 cm³/mol. The summed E-state index contributed by atoms with van der Waals surface area (Å²) in [7, 11) is 0. The molecule has 1 heterocycles. The van der Waals surface area contributed by atoms with E-state index in [0.29, 0.717) is 11.2 Å². The first kappa shape index (κ1) is 16.2. The van der Waals surface area contributed by atoms with E-state index in [9.17, 15) is 5.11 Å². The second kappa shape index (κ2) is 5.74. The number of phenols is 1. The molecule has 4 atom stereocenters. The fourth-order valence-electron chi connectivity index (χ4n) is 6.73. The zero-order chi connectivity index (χ0) is 17.2. The lowest BCUT2D eigenvalue weighted by atomic mass is 9.50. The second-order valence-corrected chi connectivity index (χ2v) is 9.59. The van der Waals surface area contributed by atoms with Crippen molar-refractivity contribution in [2.24, 2.45) is 17.8 Å². The van der Waals surface area contributed by atoms with E-state index in [1.807, 2.05) is 6.07 Å². The molecule has 136 valence electrons. The van der Waals surface area contributed by atoms with Gasteiger partial charge in [0.15, 0.2) is 0 Å². The summed E-state index contributed by atoms with van der Waals surface area (Å²) < 4.78 is 0. The molecule has 2 bridgehead atoms. The number of piperidine rings is 1. The molecule has 0 unspecified atom stereocenters. The van der Waals surface area contributed by atoms with Crippen LogP contribution in [0.2, 0.25) is 0 Å². The molecule has 1 aromatic carbocycles. The minimum absolute atomic E-state index is 0.346. The number of hydrogen-bond donors (Lipinski definition) is 1. The van der Waals surface area contributed by atoms with Crippen LogP contribution < -0.4 is 0 Å². The van der Waals surface area contributed by atoms with Crippen molar-refractivity contribution in [3.63, 3.8) is 0 Å². The number of nitrogens with zero attached hydrogens (tertiary/aromatic N) is 1. The Hall–Kier alpha value is -1.02. The zero-order valence-corrected chi connectivity index (χ0v) is 15.9. The lowest BCUT2D eigenvalue weighted by Gasteiger charge is -2.60. The zero-order valence-electron chi connectivity index (χ0n) is 15.9. The van der Waals surface area contributed by atoms with Gasteiger partial charge in [-0.3, -0.25) is 4.90 Å². The Balaban J connectivity index is 1.62. The molecule has 2 nitrogen and oxygen atoms in total. The van der Waals surface area contributed by atoms with Gasteiger partial charge in [-0.2, -0.15) is 0 Å². The van der Waals surface area contributed by atoms with Gasteiger partial charge in [0, 0.05) is 18.0 Å². The lowest BCUT2D eigenvalue weighted by molar-refractivity contribution is -0.0255. The number of rotatable bonds is 3. The standard InChI is InChI=1S/C23H33NO/c1-3-17-10-18(25)11-21-19(17)12-22-20-7-4-15(2)13-23(20,21)8-9-24(22)14-16-5-6-16/h10-11,15-16,20,22,25H,3-9,12-14H2,1-2H3/t15-,20-,22+,23-/m0/s1. The molecule has 0 spiro atoms. The molecule has 3 aliphatic carbocycles. The van der Waals surface area contributed by atoms with Crippen LogP contribution in [0.1, 0.15) is 69.1 Å². The summed E-state index contributed by atoms with van der Waals surface area (Å²) in [6, 6.07) is 4.96. The van der Waals surface area contributed by atoms with Gasteiger partial charge < -0.3 is 5.11 Å². The van der Waals surface area contributed by atoms with Gasteiger partial charge in [0.2, 0.25) is 0 Å². The Morgan fingerprint density at radius 2 is 2.04 bits per heavy atom. The monoisotopic (exact) mass is 339 g/mol. The molecule has 0 aromatic heterocycles. The number of likely N-dealkylation sites (tertiary alicyclic amines) is 1. The highest BCUT2D eigenvalue weighted by atomic mass is 16.3. The third-order valence-corrected chi connectivity index (χ3v) is 8.02. The summed E-state index contributed by atoms with van der Waals surface area (Å²) >= 11 is 0. The molecule has 3 fully saturated rings. The number of aromatic hydroxyl groups is 1. The van der Waals surface area contributed by atoms with Crippen molar-refractivity contribution < 1.29 is 5.11 Å². The molecule has 5 rings (SSSR count). The van der Waals surface area contributed by atoms with Gasteiger partial charge >= 0.3 is 0 Å². The maximum absolute atomic E-state index is 10.4. The van der Waals surface area contributed by atoms with E-state index in [-0.39, 0.29) is 0 Å². The Labute approximate surface area is 152 Å². The first-order chi connectivity index (χ1) is 12.1. The molecular formula is C23H33NO. The Morgan fingerprint density at radius 3 is 2.80 bits per heavy atom.